The molecule has 1 aromatic carbocycles. The number of carbonyl (C=O) groups excluding carboxylic acids is 2. The van der Waals surface area contributed by atoms with E-state index in [1.807, 2.05) is 0 Å². The largest absolute Gasteiger partial charge is 0.353 e. The van der Waals surface area contributed by atoms with Crippen molar-refractivity contribution in [2.75, 3.05) is 19.6 Å². The van der Waals surface area contributed by atoms with Gasteiger partial charge < -0.3 is 15.2 Å². The van der Waals surface area contributed by atoms with Crippen LogP contribution >= 0.6 is 0 Å². The smallest absolute Gasteiger partial charge is 0.259 e. The molecule has 4 rings (SSSR count). The fourth-order valence-electron chi connectivity index (χ4n) is 3.34. The topological polar surface area (TPSA) is 78.1 Å². The predicted molar refractivity (Wildman–Crippen MR) is 90.8 cm³/mol. The molecule has 2 aromatic rings. The maximum atomic E-state index is 15.1. The van der Waals surface area contributed by atoms with Gasteiger partial charge in [-0.3, -0.25) is 9.59 Å². The second kappa shape index (κ2) is 6.13. The van der Waals surface area contributed by atoms with E-state index in [9.17, 15) is 9.59 Å². The molecule has 2 fully saturated rings. The van der Waals surface area contributed by atoms with Gasteiger partial charge in [0.15, 0.2) is 0 Å². The number of nitrogens with zero attached hydrogens (tertiary/aromatic N) is 2. The van der Waals surface area contributed by atoms with Crippen LogP contribution in [0.5, 0.6) is 0 Å². The van der Waals surface area contributed by atoms with E-state index in [2.05, 4.69) is 15.3 Å². The number of rotatable bonds is 4. The average molecular weight is 344 g/mol. The van der Waals surface area contributed by atoms with Crippen LogP contribution < -0.4 is 5.32 Å². The zero-order chi connectivity index (χ0) is 17.4. The Morgan fingerprint density at radius 2 is 2.24 bits per heavy atom. The molecule has 1 aromatic heterocycles. The van der Waals surface area contributed by atoms with Gasteiger partial charge in [-0.15, -0.1) is 0 Å². The first-order chi connectivity index (χ1) is 12.0. The highest BCUT2D eigenvalue weighted by atomic mass is 19.1. The lowest BCUT2D eigenvalue weighted by atomic mass is 9.93. The van der Waals surface area contributed by atoms with Gasteiger partial charge in [0.25, 0.3) is 11.8 Å². The highest BCUT2D eigenvalue weighted by Gasteiger charge is 2.44. The fraction of sp³-hybridized carbons (Fsp3) is 0.500. The van der Waals surface area contributed by atoms with E-state index >= 15 is 4.39 Å². The minimum atomic E-state index is -2.00. The van der Waals surface area contributed by atoms with Crippen molar-refractivity contribution in [1.82, 2.24) is 20.2 Å². The molecule has 2 N–H and O–H groups in total. The van der Waals surface area contributed by atoms with E-state index in [4.69, 9.17) is 0 Å². The number of H-pyrrole nitrogens is 1. The predicted octanol–water partition coefficient (Wildman–Crippen LogP) is 2.03. The van der Waals surface area contributed by atoms with Crippen LogP contribution in [-0.4, -0.2) is 52.0 Å². The second-order valence-electron chi connectivity index (χ2n) is 7.08. The van der Waals surface area contributed by atoms with Crippen LogP contribution in [0.4, 0.5) is 4.39 Å². The summed E-state index contributed by atoms with van der Waals surface area (Å²) in [5, 5.41) is 2.71. The lowest BCUT2D eigenvalue weighted by Crippen LogP contribution is -2.55. The number of hydrogen-bond donors (Lipinski definition) is 2. The standard InChI is InChI=1S/C18H21FN4O2/c19-18(17(25)20-9-12-2-3-12)6-1-7-23(10-18)16(24)13-4-5-14-15(8-13)22-11-21-14/h4-5,8,11-12H,1-3,6-7,9-10H2,(H,20,25)(H,21,22). The van der Waals surface area contributed by atoms with E-state index < -0.39 is 11.6 Å². The van der Waals surface area contributed by atoms with E-state index in [1.54, 1.807) is 24.5 Å². The van der Waals surface area contributed by atoms with Gasteiger partial charge in [-0.05, 0) is 49.8 Å². The van der Waals surface area contributed by atoms with Gasteiger partial charge >= 0.3 is 0 Å². The van der Waals surface area contributed by atoms with Gasteiger partial charge in [0, 0.05) is 18.7 Å². The molecule has 1 saturated carbocycles. The highest BCUT2D eigenvalue weighted by molar-refractivity contribution is 5.98. The monoisotopic (exact) mass is 344 g/mol. The zero-order valence-corrected chi connectivity index (χ0v) is 13.9. The van der Waals surface area contributed by atoms with Crippen LogP contribution in [0, 0.1) is 5.92 Å². The molecule has 1 saturated heterocycles. The van der Waals surface area contributed by atoms with Gasteiger partial charge in [-0.1, -0.05) is 0 Å². The third-order valence-electron chi connectivity index (χ3n) is 5.05. The molecule has 1 unspecified atom stereocenters. The lowest BCUT2D eigenvalue weighted by molar-refractivity contribution is -0.135. The van der Waals surface area contributed by atoms with E-state index in [-0.39, 0.29) is 18.9 Å². The fourth-order valence-corrected chi connectivity index (χ4v) is 3.34. The molecule has 2 aliphatic rings. The highest BCUT2D eigenvalue weighted by Crippen LogP contribution is 2.30. The van der Waals surface area contributed by atoms with Gasteiger partial charge in [-0.25, -0.2) is 9.37 Å². The number of halogens is 1. The maximum Gasteiger partial charge on any atom is 0.259 e. The Balaban J connectivity index is 1.47. The molecule has 132 valence electrons. The van der Waals surface area contributed by atoms with Crippen molar-refractivity contribution in [3.63, 3.8) is 0 Å². The number of nitrogens with one attached hydrogen (secondary N) is 2. The first-order valence-electron chi connectivity index (χ1n) is 8.75. The number of amides is 2. The maximum absolute atomic E-state index is 15.1. The van der Waals surface area contributed by atoms with Crippen molar-refractivity contribution in [2.45, 2.75) is 31.4 Å². The normalized spacial score (nSPS) is 23.6. The molecular weight excluding hydrogens is 323 g/mol. The molecule has 2 heterocycles. The number of carbonyl (C=O) groups is 2. The summed E-state index contributed by atoms with van der Waals surface area (Å²) < 4.78 is 15.1. The van der Waals surface area contributed by atoms with Crippen LogP contribution in [0.1, 0.15) is 36.0 Å². The molecule has 1 aliphatic carbocycles. The first-order valence-corrected chi connectivity index (χ1v) is 8.75. The van der Waals surface area contributed by atoms with Crippen molar-refractivity contribution in [3.8, 4) is 0 Å². The number of aromatic nitrogens is 2. The number of hydrogen-bond acceptors (Lipinski definition) is 3. The summed E-state index contributed by atoms with van der Waals surface area (Å²) in [5.41, 5.74) is 0.00590. The Morgan fingerprint density at radius 3 is 3.04 bits per heavy atom. The number of likely N-dealkylation sites (tertiary alicyclic amines) is 1. The molecule has 6 nitrogen and oxygen atoms in total. The molecule has 25 heavy (non-hydrogen) atoms. The number of aromatic amines is 1. The van der Waals surface area contributed by atoms with Crippen molar-refractivity contribution in [1.29, 1.82) is 0 Å². The summed E-state index contributed by atoms with van der Waals surface area (Å²) in [5.74, 6) is -0.343. The van der Waals surface area contributed by atoms with E-state index in [1.165, 1.54) is 4.90 Å². The molecule has 1 atom stereocenters. The van der Waals surface area contributed by atoms with Crippen molar-refractivity contribution in [3.05, 3.63) is 30.1 Å². The van der Waals surface area contributed by atoms with Gasteiger partial charge in [0.2, 0.25) is 5.67 Å². The summed E-state index contributed by atoms with van der Waals surface area (Å²) in [6, 6.07) is 5.16. The summed E-state index contributed by atoms with van der Waals surface area (Å²) in [6.07, 6.45) is 4.40. The Bertz CT molecular complexity index is 816. The summed E-state index contributed by atoms with van der Waals surface area (Å²) >= 11 is 0. The quantitative estimate of drug-likeness (QED) is 0.891. The number of fused-ring (bicyclic) bond motifs is 1. The lowest BCUT2D eigenvalue weighted by Gasteiger charge is -2.36. The van der Waals surface area contributed by atoms with E-state index in [0.717, 1.165) is 23.9 Å². The zero-order valence-electron chi connectivity index (χ0n) is 13.9. The minimum Gasteiger partial charge on any atom is -0.353 e. The van der Waals surface area contributed by atoms with Crippen molar-refractivity contribution >= 4 is 22.8 Å². The van der Waals surface area contributed by atoms with Gasteiger partial charge in [-0.2, -0.15) is 0 Å². The van der Waals surface area contributed by atoms with Crippen molar-refractivity contribution < 1.29 is 14.0 Å². The Labute approximate surface area is 144 Å². The van der Waals surface area contributed by atoms with Crippen LogP contribution in [-0.2, 0) is 4.79 Å². The summed E-state index contributed by atoms with van der Waals surface area (Å²) in [7, 11) is 0. The third kappa shape index (κ3) is 3.23. The molecule has 7 heteroatoms. The number of piperidine rings is 1. The minimum absolute atomic E-state index is 0.160. The molecule has 0 radical (unpaired) electrons. The summed E-state index contributed by atoms with van der Waals surface area (Å²) in [6.45, 7) is 0.805. The molecule has 0 bridgehead atoms. The van der Waals surface area contributed by atoms with Gasteiger partial charge in [0.05, 0.1) is 23.9 Å². The van der Waals surface area contributed by atoms with Crippen LogP contribution in [0.3, 0.4) is 0 Å². The van der Waals surface area contributed by atoms with Crippen molar-refractivity contribution in [2.24, 2.45) is 5.92 Å². The Hall–Kier alpha value is -2.44. The van der Waals surface area contributed by atoms with Crippen LogP contribution in [0.15, 0.2) is 24.5 Å². The van der Waals surface area contributed by atoms with Crippen LogP contribution in [0.25, 0.3) is 11.0 Å². The molecular formula is C18H21FN4O2. The molecule has 2 amide bonds. The second-order valence-corrected chi connectivity index (χ2v) is 7.08. The Kier molecular flexibility index (Phi) is 3.94. The Morgan fingerprint density at radius 1 is 1.40 bits per heavy atom. The first kappa shape index (κ1) is 16.1. The SMILES string of the molecule is O=C(c1ccc2nc[nH]c2c1)N1CCCC(F)(C(=O)NCC2CC2)C1. The molecule has 1 aliphatic heterocycles. The van der Waals surface area contributed by atoms with Crippen LogP contribution in [0.2, 0.25) is 0 Å². The summed E-state index contributed by atoms with van der Waals surface area (Å²) in [4.78, 5) is 33.5. The molecule has 0 spiro atoms. The average Bonchev–Trinajstić information content (AvgIpc) is 3.33. The third-order valence-corrected chi connectivity index (χ3v) is 5.05. The van der Waals surface area contributed by atoms with Gasteiger partial charge in [0.1, 0.15) is 0 Å². The number of benzene rings is 1. The number of imidazole rings is 1. The van der Waals surface area contributed by atoms with E-state index in [0.29, 0.717) is 31.0 Å². The number of alkyl halides is 1.